The van der Waals surface area contributed by atoms with Gasteiger partial charge >= 0.3 is 0 Å². The normalized spacial score (nSPS) is 27.7. The van der Waals surface area contributed by atoms with Gasteiger partial charge in [-0.2, -0.15) is 0 Å². The van der Waals surface area contributed by atoms with Gasteiger partial charge in [0.25, 0.3) is 5.91 Å². The van der Waals surface area contributed by atoms with Crippen LogP contribution in [0, 0.1) is 5.92 Å². The number of aromatic nitrogens is 1. The number of pyridine rings is 1. The zero-order valence-corrected chi connectivity index (χ0v) is 14.0. The fraction of sp³-hybridized carbons (Fsp3) is 0.667. The number of amides is 1. The summed E-state index contributed by atoms with van der Waals surface area (Å²) in [4.78, 5) is 18.8. The van der Waals surface area contributed by atoms with Crippen molar-refractivity contribution < 1.29 is 14.3 Å². The molecule has 3 rings (SSSR count). The lowest BCUT2D eigenvalue weighted by atomic mass is 9.86. The van der Waals surface area contributed by atoms with Crippen LogP contribution in [0.5, 0.6) is 5.88 Å². The second-order valence-corrected chi connectivity index (χ2v) is 6.82. The molecule has 1 saturated heterocycles. The topological polar surface area (TPSA) is 51.7 Å². The van der Waals surface area contributed by atoms with Gasteiger partial charge in [-0.3, -0.25) is 4.79 Å². The number of rotatable bonds is 4. The molecule has 0 unspecified atom stereocenters. The second-order valence-electron chi connectivity index (χ2n) is 6.82. The van der Waals surface area contributed by atoms with E-state index in [1.165, 1.54) is 12.8 Å². The molecule has 1 amide bonds. The third-order valence-electron chi connectivity index (χ3n) is 5.01. The fourth-order valence-corrected chi connectivity index (χ4v) is 3.38. The molecular weight excluding hydrogens is 292 g/mol. The molecule has 2 fully saturated rings. The average molecular weight is 318 g/mol. The Kier molecular flexibility index (Phi) is 5.16. The van der Waals surface area contributed by atoms with E-state index in [9.17, 15) is 4.79 Å². The molecule has 0 radical (unpaired) electrons. The molecule has 1 saturated carbocycles. The van der Waals surface area contributed by atoms with Gasteiger partial charge in [0.2, 0.25) is 5.88 Å². The minimum Gasteiger partial charge on any atom is -0.472 e. The van der Waals surface area contributed by atoms with E-state index >= 15 is 0 Å². The molecular formula is C18H26N2O3. The van der Waals surface area contributed by atoms with E-state index in [1.54, 1.807) is 18.3 Å². The van der Waals surface area contributed by atoms with Crippen molar-refractivity contribution in [1.29, 1.82) is 0 Å². The lowest BCUT2D eigenvalue weighted by Crippen LogP contribution is -2.39. The van der Waals surface area contributed by atoms with Gasteiger partial charge in [0.1, 0.15) is 6.10 Å². The quantitative estimate of drug-likeness (QED) is 0.856. The van der Waals surface area contributed by atoms with Crippen molar-refractivity contribution in [3.63, 3.8) is 0 Å². The average Bonchev–Trinajstić information content (AvgIpc) is 3.07. The number of carbonyl (C=O) groups excluding carboxylic acids is 1. The maximum absolute atomic E-state index is 12.7. The molecule has 1 aliphatic carbocycles. The maximum atomic E-state index is 12.7. The first-order chi connectivity index (χ1) is 11.1. The molecule has 2 heterocycles. The number of hydrogen-bond acceptors (Lipinski definition) is 4. The largest absolute Gasteiger partial charge is 0.472 e. The number of hydrogen-bond donors (Lipinski definition) is 0. The monoisotopic (exact) mass is 318 g/mol. The molecule has 23 heavy (non-hydrogen) atoms. The molecule has 0 bridgehead atoms. The summed E-state index contributed by atoms with van der Waals surface area (Å²) in [6.45, 7) is 3.61. The van der Waals surface area contributed by atoms with Crippen molar-refractivity contribution in [3.8, 4) is 5.88 Å². The fourth-order valence-electron chi connectivity index (χ4n) is 3.38. The van der Waals surface area contributed by atoms with Crippen LogP contribution in [-0.4, -0.2) is 48.2 Å². The Hall–Kier alpha value is -1.62. The number of carbonyl (C=O) groups is 1. The van der Waals surface area contributed by atoms with Crippen LogP contribution in [0.3, 0.4) is 0 Å². The van der Waals surface area contributed by atoms with Crippen molar-refractivity contribution in [2.45, 2.75) is 51.2 Å². The SMILES string of the molecule is CC1CCC(N(C)C(=O)c2ccnc(O[C@@H]3CCOC3)c2)CC1. The molecule has 2 aliphatic rings. The zero-order valence-electron chi connectivity index (χ0n) is 14.0. The summed E-state index contributed by atoms with van der Waals surface area (Å²) in [6, 6.07) is 3.87. The van der Waals surface area contributed by atoms with Gasteiger partial charge in [-0.25, -0.2) is 4.98 Å². The highest BCUT2D eigenvalue weighted by molar-refractivity contribution is 5.94. The summed E-state index contributed by atoms with van der Waals surface area (Å²) in [7, 11) is 1.91. The van der Waals surface area contributed by atoms with Gasteiger partial charge in [-0.05, 0) is 37.7 Å². The van der Waals surface area contributed by atoms with E-state index < -0.39 is 0 Å². The number of ether oxygens (including phenoxy) is 2. The Morgan fingerprint density at radius 3 is 2.78 bits per heavy atom. The smallest absolute Gasteiger partial charge is 0.254 e. The third kappa shape index (κ3) is 4.02. The summed E-state index contributed by atoms with van der Waals surface area (Å²) in [5.41, 5.74) is 0.648. The highest BCUT2D eigenvalue weighted by atomic mass is 16.5. The van der Waals surface area contributed by atoms with Crippen LogP contribution in [-0.2, 0) is 4.74 Å². The van der Waals surface area contributed by atoms with Gasteiger partial charge < -0.3 is 14.4 Å². The van der Waals surface area contributed by atoms with Crippen molar-refractivity contribution >= 4 is 5.91 Å². The Balaban J connectivity index is 1.64. The Morgan fingerprint density at radius 2 is 2.09 bits per heavy atom. The summed E-state index contributed by atoms with van der Waals surface area (Å²) in [5, 5.41) is 0. The summed E-state index contributed by atoms with van der Waals surface area (Å²) in [5.74, 6) is 1.35. The van der Waals surface area contributed by atoms with Crippen LogP contribution >= 0.6 is 0 Å². The van der Waals surface area contributed by atoms with Gasteiger partial charge in [-0.15, -0.1) is 0 Å². The molecule has 0 N–H and O–H groups in total. The molecule has 126 valence electrons. The maximum Gasteiger partial charge on any atom is 0.254 e. The second kappa shape index (κ2) is 7.30. The van der Waals surface area contributed by atoms with Crippen molar-refractivity contribution in [2.24, 2.45) is 5.92 Å². The van der Waals surface area contributed by atoms with E-state index in [2.05, 4.69) is 11.9 Å². The predicted molar refractivity (Wildman–Crippen MR) is 87.6 cm³/mol. The molecule has 5 nitrogen and oxygen atoms in total. The van der Waals surface area contributed by atoms with Crippen LogP contribution in [0.4, 0.5) is 0 Å². The van der Waals surface area contributed by atoms with Crippen LogP contribution in [0.15, 0.2) is 18.3 Å². The van der Waals surface area contributed by atoms with Gasteiger partial charge in [-0.1, -0.05) is 6.92 Å². The summed E-state index contributed by atoms with van der Waals surface area (Å²) in [6.07, 6.45) is 7.16. The molecule has 1 aromatic heterocycles. The van der Waals surface area contributed by atoms with Gasteiger partial charge in [0, 0.05) is 37.3 Å². The van der Waals surface area contributed by atoms with E-state index in [4.69, 9.17) is 9.47 Å². The van der Waals surface area contributed by atoms with E-state index in [-0.39, 0.29) is 12.0 Å². The van der Waals surface area contributed by atoms with Crippen LogP contribution in [0.2, 0.25) is 0 Å². The van der Waals surface area contributed by atoms with E-state index in [0.717, 1.165) is 31.8 Å². The van der Waals surface area contributed by atoms with Crippen molar-refractivity contribution in [1.82, 2.24) is 9.88 Å². The van der Waals surface area contributed by atoms with Crippen LogP contribution in [0.1, 0.15) is 49.4 Å². The summed E-state index contributed by atoms with van der Waals surface area (Å²) < 4.78 is 11.1. The summed E-state index contributed by atoms with van der Waals surface area (Å²) >= 11 is 0. The molecule has 1 aliphatic heterocycles. The standard InChI is InChI=1S/C18H26N2O3/c1-13-3-5-15(6-4-13)20(2)18(21)14-7-9-19-17(11-14)23-16-8-10-22-12-16/h7,9,11,13,15-16H,3-6,8,10,12H2,1-2H3/t13?,15?,16-/m1/s1. The highest BCUT2D eigenvalue weighted by Crippen LogP contribution is 2.27. The third-order valence-corrected chi connectivity index (χ3v) is 5.01. The Bertz CT molecular complexity index is 535. The zero-order chi connectivity index (χ0) is 16.2. The van der Waals surface area contributed by atoms with E-state index in [1.807, 2.05) is 11.9 Å². The number of nitrogens with zero attached hydrogens (tertiary/aromatic N) is 2. The first-order valence-corrected chi connectivity index (χ1v) is 8.61. The predicted octanol–water partition coefficient (Wildman–Crippen LogP) is 2.90. The lowest BCUT2D eigenvalue weighted by Gasteiger charge is -2.33. The van der Waals surface area contributed by atoms with Gasteiger partial charge in [0.05, 0.1) is 13.2 Å². The Labute approximate surface area is 138 Å². The minimum absolute atomic E-state index is 0.0467. The minimum atomic E-state index is 0.0467. The van der Waals surface area contributed by atoms with Crippen LogP contribution < -0.4 is 4.74 Å². The van der Waals surface area contributed by atoms with E-state index in [0.29, 0.717) is 24.1 Å². The lowest BCUT2D eigenvalue weighted by molar-refractivity contribution is 0.0678. The molecule has 5 heteroatoms. The molecule has 0 aromatic carbocycles. The van der Waals surface area contributed by atoms with Crippen molar-refractivity contribution in [3.05, 3.63) is 23.9 Å². The first-order valence-electron chi connectivity index (χ1n) is 8.61. The Morgan fingerprint density at radius 1 is 1.30 bits per heavy atom. The molecule has 0 spiro atoms. The first kappa shape index (κ1) is 16.2. The van der Waals surface area contributed by atoms with Crippen LogP contribution in [0.25, 0.3) is 0 Å². The molecule has 1 aromatic rings. The van der Waals surface area contributed by atoms with Crippen molar-refractivity contribution in [2.75, 3.05) is 20.3 Å². The molecule has 1 atom stereocenters. The van der Waals surface area contributed by atoms with Gasteiger partial charge in [0.15, 0.2) is 0 Å². The highest BCUT2D eigenvalue weighted by Gasteiger charge is 2.26.